The molecule has 0 spiro atoms. The van der Waals surface area contributed by atoms with E-state index in [1.165, 1.54) is 15.8 Å². The molecule has 3 heterocycles. The van der Waals surface area contributed by atoms with Crippen LogP contribution in [0.1, 0.15) is 47.7 Å². The molecule has 1 aromatic heterocycles. The Bertz CT molecular complexity index is 1340. The van der Waals surface area contributed by atoms with Crippen LogP contribution in [0.4, 0.5) is 5.13 Å². The Morgan fingerprint density at radius 3 is 2.40 bits per heavy atom. The van der Waals surface area contributed by atoms with Crippen LogP contribution in [-0.2, 0) is 10.0 Å². The number of thiazole rings is 1. The van der Waals surface area contributed by atoms with E-state index in [4.69, 9.17) is 4.98 Å². The smallest absolute Gasteiger partial charge is 0.253 e. The molecule has 1 amide bonds. The largest absolute Gasteiger partial charge is 0.345 e. The van der Waals surface area contributed by atoms with E-state index in [0.717, 1.165) is 43.0 Å². The molecule has 3 aromatic rings. The number of fused-ring (bicyclic) bond motifs is 1. The minimum Gasteiger partial charge on any atom is -0.345 e. The topological polar surface area (TPSA) is 73.8 Å². The lowest BCUT2D eigenvalue weighted by molar-refractivity contribution is 0.0746. The van der Waals surface area contributed by atoms with E-state index in [1.54, 1.807) is 39.9 Å². The molecule has 0 bridgehead atoms. The summed E-state index contributed by atoms with van der Waals surface area (Å²) in [6.07, 6.45) is 2.84. The van der Waals surface area contributed by atoms with Gasteiger partial charge in [0, 0.05) is 44.3 Å². The molecule has 2 aliphatic heterocycles. The van der Waals surface area contributed by atoms with Crippen LogP contribution in [0.3, 0.4) is 0 Å². The average Bonchev–Trinajstić information content (AvgIpc) is 3.28. The SMILES string of the molecule is Cc1cc(C)c2nc(N3CCN(C(=O)c4ccc(S(=O)(=O)N5CCCCC5C)cc4)CC3)sc2c1. The van der Waals surface area contributed by atoms with E-state index in [2.05, 4.69) is 30.9 Å². The first-order valence-electron chi connectivity index (χ1n) is 12.3. The van der Waals surface area contributed by atoms with Crippen molar-refractivity contribution in [3.8, 4) is 0 Å². The molecular weight excluding hydrogens is 480 g/mol. The fourth-order valence-electron chi connectivity index (χ4n) is 5.11. The van der Waals surface area contributed by atoms with Crippen LogP contribution in [0.2, 0.25) is 0 Å². The lowest BCUT2D eigenvalue weighted by Crippen LogP contribution is -2.48. The van der Waals surface area contributed by atoms with Gasteiger partial charge in [0.05, 0.1) is 15.1 Å². The number of amides is 1. The Kier molecular flexibility index (Phi) is 6.59. The number of piperidine rings is 1. The number of nitrogens with zero attached hydrogens (tertiary/aromatic N) is 4. The number of aryl methyl sites for hydroxylation is 2. The van der Waals surface area contributed by atoms with E-state index in [-0.39, 0.29) is 16.8 Å². The lowest BCUT2D eigenvalue weighted by atomic mass is 10.1. The summed E-state index contributed by atoms with van der Waals surface area (Å²) in [7, 11) is -3.54. The molecule has 2 saturated heterocycles. The normalized spacial score (nSPS) is 19.9. The summed E-state index contributed by atoms with van der Waals surface area (Å²) < 4.78 is 28.9. The summed E-state index contributed by atoms with van der Waals surface area (Å²) in [5.41, 5.74) is 4.01. The summed E-state index contributed by atoms with van der Waals surface area (Å²) >= 11 is 1.70. The highest BCUT2D eigenvalue weighted by Gasteiger charge is 2.31. The van der Waals surface area contributed by atoms with Gasteiger partial charge in [0.15, 0.2) is 5.13 Å². The standard InChI is InChI=1S/C26H32N4O3S2/c1-18-16-19(2)24-23(17-18)34-26(27-24)29-14-12-28(13-15-29)25(31)21-7-9-22(10-8-21)35(32,33)30-11-5-4-6-20(30)3/h7-10,16-17,20H,4-6,11-15H2,1-3H3. The summed E-state index contributed by atoms with van der Waals surface area (Å²) in [6, 6.07) is 10.8. The minimum atomic E-state index is -3.54. The first-order chi connectivity index (χ1) is 16.7. The predicted molar refractivity (Wildman–Crippen MR) is 141 cm³/mol. The van der Waals surface area contributed by atoms with Crippen molar-refractivity contribution in [2.45, 2.75) is 51.0 Å². The number of piperazine rings is 1. The lowest BCUT2D eigenvalue weighted by Gasteiger charge is -2.34. The highest BCUT2D eigenvalue weighted by atomic mass is 32.2. The van der Waals surface area contributed by atoms with Gasteiger partial charge in [-0.2, -0.15) is 4.31 Å². The first kappa shape index (κ1) is 24.2. The second-order valence-corrected chi connectivity index (χ2v) is 12.6. The van der Waals surface area contributed by atoms with Crippen LogP contribution in [0, 0.1) is 13.8 Å². The van der Waals surface area contributed by atoms with E-state index in [9.17, 15) is 13.2 Å². The molecule has 9 heteroatoms. The number of rotatable bonds is 4. The number of carbonyl (C=O) groups is 1. The highest BCUT2D eigenvalue weighted by Crippen LogP contribution is 2.32. The third kappa shape index (κ3) is 4.69. The zero-order valence-corrected chi connectivity index (χ0v) is 22.2. The predicted octanol–water partition coefficient (Wildman–Crippen LogP) is 4.44. The van der Waals surface area contributed by atoms with Gasteiger partial charge in [-0.05, 0) is 75.1 Å². The molecule has 0 N–H and O–H groups in total. The molecule has 5 rings (SSSR count). The molecule has 0 aliphatic carbocycles. The summed E-state index contributed by atoms with van der Waals surface area (Å²) in [4.78, 5) is 22.3. The zero-order chi connectivity index (χ0) is 24.7. The Morgan fingerprint density at radius 2 is 1.71 bits per heavy atom. The van der Waals surface area contributed by atoms with Crippen molar-refractivity contribution in [2.24, 2.45) is 0 Å². The molecule has 0 saturated carbocycles. The second kappa shape index (κ2) is 9.52. The maximum absolute atomic E-state index is 13.1. The number of anilines is 1. The van der Waals surface area contributed by atoms with Gasteiger partial charge in [0.1, 0.15) is 0 Å². The van der Waals surface area contributed by atoms with Crippen LogP contribution in [0.5, 0.6) is 0 Å². The second-order valence-electron chi connectivity index (χ2n) is 9.69. The molecular formula is C26H32N4O3S2. The number of benzene rings is 2. The zero-order valence-electron chi connectivity index (χ0n) is 20.5. The number of hydrogen-bond acceptors (Lipinski definition) is 6. The summed E-state index contributed by atoms with van der Waals surface area (Å²) in [6.45, 7) is 9.39. The third-order valence-electron chi connectivity index (χ3n) is 7.11. The van der Waals surface area contributed by atoms with Crippen molar-refractivity contribution in [2.75, 3.05) is 37.6 Å². The van der Waals surface area contributed by atoms with Crippen LogP contribution in [0.25, 0.3) is 10.2 Å². The van der Waals surface area contributed by atoms with Gasteiger partial charge >= 0.3 is 0 Å². The van der Waals surface area contributed by atoms with Crippen LogP contribution in [-0.4, -0.2) is 67.3 Å². The van der Waals surface area contributed by atoms with Crippen molar-refractivity contribution in [3.05, 3.63) is 53.1 Å². The van der Waals surface area contributed by atoms with E-state index in [0.29, 0.717) is 25.2 Å². The summed E-state index contributed by atoms with van der Waals surface area (Å²) in [5.74, 6) is -0.0595. The van der Waals surface area contributed by atoms with Gasteiger partial charge in [-0.3, -0.25) is 4.79 Å². The van der Waals surface area contributed by atoms with E-state index < -0.39 is 10.0 Å². The van der Waals surface area contributed by atoms with Crippen molar-refractivity contribution < 1.29 is 13.2 Å². The van der Waals surface area contributed by atoms with E-state index >= 15 is 0 Å². The van der Waals surface area contributed by atoms with Gasteiger partial charge in [-0.1, -0.05) is 23.8 Å². The fraction of sp³-hybridized carbons (Fsp3) is 0.462. The quantitative estimate of drug-likeness (QED) is 0.517. The van der Waals surface area contributed by atoms with Gasteiger partial charge in [0.25, 0.3) is 5.91 Å². The van der Waals surface area contributed by atoms with Crippen molar-refractivity contribution in [1.82, 2.24) is 14.2 Å². The number of hydrogen-bond donors (Lipinski definition) is 0. The van der Waals surface area contributed by atoms with E-state index in [1.807, 2.05) is 11.8 Å². The van der Waals surface area contributed by atoms with Gasteiger partial charge in [-0.25, -0.2) is 13.4 Å². The van der Waals surface area contributed by atoms with Gasteiger partial charge < -0.3 is 9.80 Å². The molecule has 0 radical (unpaired) electrons. The minimum absolute atomic E-state index is 0.00900. The first-order valence-corrected chi connectivity index (χ1v) is 14.5. The molecule has 2 aliphatic rings. The molecule has 2 aromatic carbocycles. The average molecular weight is 513 g/mol. The third-order valence-corrected chi connectivity index (χ3v) is 10.2. The maximum Gasteiger partial charge on any atom is 0.253 e. The van der Waals surface area contributed by atoms with Crippen molar-refractivity contribution >= 4 is 42.6 Å². The molecule has 1 atom stereocenters. The maximum atomic E-state index is 13.1. The Morgan fingerprint density at radius 1 is 1.00 bits per heavy atom. The number of sulfonamides is 1. The highest BCUT2D eigenvalue weighted by molar-refractivity contribution is 7.89. The fourth-order valence-corrected chi connectivity index (χ4v) is 8.00. The number of aromatic nitrogens is 1. The number of carbonyl (C=O) groups excluding carboxylic acids is 1. The Balaban J connectivity index is 1.24. The van der Waals surface area contributed by atoms with Gasteiger partial charge in [-0.15, -0.1) is 0 Å². The summed E-state index contributed by atoms with van der Waals surface area (Å²) in [5, 5.41) is 1.00. The molecule has 35 heavy (non-hydrogen) atoms. The van der Waals surface area contributed by atoms with Crippen LogP contribution < -0.4 is 4.90 Å². The molecule has 2 fully saturated rings. The van der Waals surface area contributed by atoms with Gasteiger partial charge in [0.2, 0.25) is 10.0 Å². The molecule has 7 nitrogen and oxygen atoms in total. The monoisotopic (exact) mass is 512 g/mol. The van der Waals surface area contributed by atoms with Crippen molar-refractivity contribution in [1.29, 1.82) is 0 Å². The van der Waals surface area contributed by atoms with Crippen LogP contribution >= 0.6 is 11.3 Å². The molecule has 1 unspecified atom stereocenters. The Labute approximate surface area is 211 Å². The molecule has 186 valence electrons. The van der Waals surface area contributed by atoms with Crippen molar-refractivity contribution in [3.63, 3.8) is 0 Å². The van der Waals surface area contributed by atoms with Crippen LogP contribution in [0.15, 0.2) is 41.3 Å². The Hall–Kier alpha value is -2.49.